The van der Waals surface area contributed by atoms with Gasteiger partial charge in [-0.1, -0.05) is 42.1 Å². The molecule has 3 N–H and O–H groups in total. The van der Waals surface area contributed by atoms with Gasteiger partial charge in [0, 0.05) is 12.1 Å². The Balaban J connectivity index is 2.03. The number of halogens is 3. The molecule has 0 fully saturated rings. The quantitative estimate of drug-likeness (QED) is 0.315. The molecular weight excluding hydrogens is 441 g/mol. The van der Waals surface area contributed by atoms with Crippen molar-refractivity contribution in [2.24, 2.45) is 5.10 Å². The van der Waals surface area contributed by atoms with Crippen LogP contribution in [0.15, 0.2) is 53.6 Å². The Bertz CT molecular complexity index is 1020. The summed E-state index contributed by atoms with van der Waals surface area (Å²) in [6.45, 7) is 0.652. The summed E-state index contributed by atoms with van der Waals surface area (Å²) in [5, 5.41) is 25.6. The molecule has 0 radical (unpaired) electrons. The van der Waals surface area contributed by atoms with Gasteiger partial charge in [0.1, 0.15) is 40.2 Å². The second-order valence-corrected chi connectivity index (χ2v) is 8.52. The van der Waals surface area contributed by atoms with Crippen molar-refractivity contribution < 1.29 is 23.1 Å². The number of hydrazone groups is 1. The second kappa shape index (κ2) is 10.2. The molecule has 6 nitrogen and oxygen atoms in total. The van der Waals surface area contributed by atoms with E-state index in [-0.39, 0.29) is 29.4 Å². The molecule has 1 heterocycles. The number of carbonyl (C=O) groups excluding carboxylic acids is 1. The Hall–Kier alpha value is -2.85. The van der Waals surface area contributed by atoms with E-state index in [9.17, 15) is 23.1 Å². The van der Waals surface area contributed by atoms with Gasteiger partial charge in [-0.3, -0.25) is 10.2 Å². The maximum atomic E-state index is 14.5. The molecule has 10 heteroatoms. The summed E-state index contributed by atoms with van der Waals surface area (Å²) in [6.07, 6.45) is -0.684. The van der Waals surface area contributed by atoms with Gasteiger partial charge in [-0.15, -0.1) is 0 Å². The molecule has 0 bridgehead atoms. The zero-order valence-electron chi connectivity index (χ0n) is 17.3. The molecule has 0 aromatic heterocycles. The number of benzene rings is 2. The minimum atomic E-state index is -1.38. The molecule has 0 spiro atoms. The van der Waals surface area contributed by atoms with Crippen LogP contribution in [-0.2, 0) is 9.67 Å². The number of rotatable bonds is 8. The van der Waals surface area contributed by atoms with Gasteiger partial charge >= 0.3 is 0 Å². The van der Waals surface area contributed by atoms with E-state index in [0.717, 1.165) is 35.0 Å². The van der Waals surface area contributed by atoms with E-state index in [0.29, 0.717) is 12.0 Å². The fourth-order valence-corrected chi connectivity index (χ4v) is 4.79. The van der Waals surface area contributed by atoms with Crippen LogP contribution in [0, 0.1) is 17.0 Å². The number of hydrogen-bond donors (Lipinski definition) is 3. The summed E-state index contributed by atoms with van der Waals surface area (Å²) >= 11 is 1.09. The average Bonchev–Trinajstić information content (AvgIpc) is 3.18. The maximum absolute atomic E-state index is 14.5. The summed E-state index contributed by atoms with van der Waals surface area (Å²) in [5.41, 5.74) is 0.587. The summed E-state index contributed by atoms with van der Waals surface area (Å²) in [4.78, 5) is 11.8. The number of nitrogens with zero attached hydrogens (tertiary/aromatic N) is 2. The number of carbonyl (C=O) groups is 1. The molecule has 1 aliphatic rings. The Kier molecular flexibility index (Phi) is 7.57. The first-order valence-electron chi connectivity index (χ1n) is 9.96. The van der Waals surface area contributed by atoms with Crippen molar-refractivity contribution >= 4 is 28.5 Å². The molecule has 170 valence electrons. The molecule has 32 heavy (non-hydrogen) atoms. The Morgan fingerprint density at radius 2 is 2.00 bits per heavy atom. The van der Waals surface area contributed by atoms with Crippen molar-refractivity contribution in [2.45, 2.75) is 30.7 Å². The molecule has 3 rings (SSSR count). The number of aliphatic hydroxyl groups is 1. The minimum absolute atomic E-state index is 0.0893. The molecule has 2 aromatic carbocycles. The van der Waals surface area contributed by atoms with Gasteiger partial charge in [0.15, 0.2) is 0 Å². The number of aliphatic hydroxyl groups excluding tert-OH is 1. The van der Waals surface area contributed by atoms with E-state index in [1.165, 1.54) is 6.92 Å². The third kappa shape index (κ3) is 4.97. The highest BCUT2D eigenvalue weighted by atomic mass is 32.2. The van der Waals surface area contributed by atoms with E-state index in [2.05, 4.69) is 10.4 Å². The summed E-state index contributed by atoms with van der Waals surface area (Å²) in [5.74, 6) is -2.29. The maximum Gasteiger partial charge on any atom is 0.272 e. The van der Waals surface area contributed by atoms with Crippen molar-refractivity contribution in [3.8, 4) is 0 Å². The normalized spacial score (nSPS) is 18.9. The standard InChI is InChI=1S/C22H23F3N4O2S/c1-14(30)21(31)29-22(15-6-3-2-4-7-15,10-5-11-27-19(26)13-23)32-20(28-29)17-12-16(24)8-9-18(17)25/h2-4,6-9,12,14,30H,5,10-11,13H2,1H3,(H2,26,27)/t14-,22?/m0/s1. The van der Waals surface area contributed by atoms with E-state index < -0.39 is 35.2 Å². The Morgan fingerprint density at radius 3 is 2.66 bits per heavy atom. The number of amidine groups is 1. The molecular formula is C22H23F3N4O2S. The van der Waals surface area contributed by atoms with Crippen LogP contribution in [0.5, 0.6) is 0 Å². The smallest absolute Gasteiger partial charge is 0.272 e. The van der Waals surface area contributed by atoms with Gasteiger partial charge in [0.25, 0.3) is 5.91 Å². The van der Waals surface area contributed by atoms with Crippen molar-refractivity contribution in [3.05, 3.63) is 71.3 Å². The highest BCUT2D eigenvalue weighted by Gasteiger charge is 2.49. The van der Waals surface area contributed by atoms with Crippen LogP contribution in [0.25, 0.3) is 0 Å². The van der Waals surface area contributed by atoms with E-state index in [1.807, 2.05) is 0 Å². The van der Waals surface area contributed by atoms with Gasteiger partial charge in [-0.05, 0) is 43.5 Å². The van der Waals surface area contributed by atoms with Crippen molar-refractivity contribution in [1.82, 2.24) is 10.3 Å². The first-order valence-corrected chi connectivity index (χ1v) is 10.8. The first-order chi connectivity index (χ1) is 15.3. The Morgan fingerprint density at radius 1 is 1.28 bits per heavy atom. The van der Waals surface area contributed by atoms with Crippen molar-refractivity contribution in [2.75, 3.05) is 13.2 Å². The minimum Gasteiger partial charge on any atom is -0.383 e. The second-order valence-electron chi connectivity index (χ2n) is 7.25. The fourth-order valence-electron chi connectivity index (χ4n) is 3.37. The number of hydrogen-bond acceptors (Lipinski definition) is 5. The van der Waals surface area contributed by atoms with Crippen LogP contribution in [0.4, 0.5) is 13.2 Å². The lowest BCUT2D eigenvalue weighted by molar-refractivity contribution is -0.143. The summed E-state index contributed by atoms with van der Waals surface area (Å²) in [7, 11) is 0. The van der Waals surface area contributed by atoms with Crippen molar-refractivity contribution in [3.63, 3.8) is 0 Å². The SMILES string of the molecule is C[C@H](O)C(=O)N1N=C(c2cc(F)ccc2F)SC1(CCCNC(=N)CF)c1ccccc1. The monoisotopic (exact) mass is 464 g/mol. The lowest BCUT2D eigenvalue weighted by Crippen LogP contribution is -2.45. The zero-order valence-corrected chi connectivity index (χ0v) is 18.1. The lowest BCUT2D eigenvalue weighted by atomic mass is 9.99. The lowest BCUT2D eigenvalue weighted by Gasteiger charge is -2.36. The molecule has 2 aromatic rings. The van der Waals surface area contributed by atoms with Gasteiger partial charge < -0.3 is 10.4 Å². The third-order valence-electron chi connectivity index (χ3n) is 4.91. The van der Waals surface area contributed by atoms with Crippen LogP contribution in [0.1, 0.15) is 30.9 Å². The van der Waals surface area contributed by atoms with Crippen LogP contribution in [0.3, 0.4) is 0 Å². The van der Waals surface area contributed by atoms with Gasteiger partial charge in [0.2, 0.25) is 0 Å². The predicted molar refractivity (Wildman–Crippen MR) is 118 cm³/mol. The number of thioether (sulfide) groups is 1. The average molecular weight is 465 g/mol. The first kappa shape index (κ1) is 23.8. The van der Waals surface area contributed by atoms with Crippen molar-refractivity contribution in [1.29, 1.82) is 5.41 Å². The summed E-state index contributed by atoms with van der Waals surface area (Å²) in [6, 6.07) is 11.9. The highest BCUT2D eigenvalue weighted by molar-refractivity contribution is 8.15. The molecule has 0 saturated heterocycles. The van der Waals surface area contributed by atoms with Gasteiger partial charge in [0.05, 0.1) is 0 Å². The molecule has 0 aliphatic carbocycles. The molecule has 2 atom stereocenters. The zero-order chi connectivity index (χ0) is 23.3. The highest BCUT2D eigenvalue weighted by Crippen LogP contribution is 2.50. The number of nitrogens with one attached hydrogen (secondary N) is 2. The molecule has 1 amide bonds. The van der Waals surface area contributed by atoms with E-state index in [4.69, 9.17) is 5.41 Å². The van der Waals surface area contributed by atoms with E-state index >= 15 is 0 Å². The Labute approximate surface area is 188 Å². The number of amides is 1. The van der Waals surface area contributed by atoms with Crippen LogP contribution in [0.2, 0.25) is 0 Å². The van der Waals surface area contributed by atoms with Crippen LogP contribution >= 0.6 is 11.8 Å². The van der Waals surface area contributed by atoms with Crippen LogP contribution < -0.4 is 5.32 Å². The molecule has 1 aliphatic heterocycles. The predicted octanol–water partition coefficient (Wildman–Crippen LogP) is 3.75. The topological polar surface area (TPSA) is 88.8 Å². The van der Waals surface area contributed by atoms with Gasteiger partial charge in [-0.25, -0.2) is 18.2 Å². The third-order valence-corrected chi connectivity index (χ3v) is 6.36. The number of alkyl halides is 1. The summed E-state index contributed by atoms with van der Waals surface area (Å²) < 4.78 is 40.9. The van der Waals surface area contributed by atoms with E-state index in [1.54, 1.807) is 30.3 Å². The van der Waals surface area contributed by atoms with Crippen LogP contribution in [-0.4, -0.2) is 46.2 Å². The fraction of sp³-hybridized carbons (Fsp3) is 0.318. The molecule has 0 saturated carbocycles. The largest absolute Gasteiger partial charge is 0.383 e. The van der Waals surface area contributed by atoms with Gasteiger partial charge in [-0.2, -0.15) is 5.10 Å². The molecule has 1 unspecified atom stereocenters.